The molecule has 3 fully saturated rings. The van der Waals surface area contributed by atoms with Crippen LogP contribution < -0.4 is 5.32 Å². The minimum absolute atomic E-state index is 0.243. The maximum atomic E-state index is 13.4. The largest absolute Gasteiger partial charge is 0.394 e. The van der Waals surface area contributed by atoms with E-state index < -0.39 is 124 Å². The van der Waals surface area contributed by atoms with E-state index in [-0.39, 0.29) is 18.9 Å². The molecule has 12 N–H and O–H groups in total. The molecule has 0 bridgehead atoms. The average Bonchev–Trinajstić information content (AvgIpc) is 0.785. The van der Waals surface area contributed by atoms with E-state index in [1.165, 1.54) is 167 Å². The van der Waals surface area contributed by atoms with Gasteiger partial charge in [-0.05, 0) is 70.6 Å². The van der Waals surface area contributed by atoms with Crippen LogP contribution in [0.5, 0.6) is 0 Å². The Morgan fingerprint density at radius 3 is 1.10 bits per heavy atom. The number of hydrogen-bond acceptors (Lipinski definition) is 18. The lowest BCUT2D eigenvalue weighted by Crippen LogP contribution is -2.66. The van der Waals surface area contributed by atoms with E-state index >= 15 is 0 Å². The molecular weight excluding hydrogens is 1250 g/mol. The van der Waals surface area contributed by atoms with Crippen molar-refractivity contribution >= 4 is 5.91 Å². The number of aliphatic hydroxyl groups is 11. The van der Waals surface area contributed by atoms with Gasteiger partial charge in [-0.3, -0.25) is 4.79 Å². The Morgan fingerprint density at radius 1 is 0.378 bits per heavy atom. The van der Waals surface area contributed by atoms with Crippen LogP contribution in [-0.2, 0) is 33.2 Å². The lowest BCUT2D eigenvalue weighted by Gasteiger charge is -2.48. The second-order valence-corrected chi connectivity index (χ2v) is 27.4. The van der Waals surface area contributed by atoms with Crippen LogP contribution in [0.3, 0.4) is 0 Å². The van der Waals surface area contributed by atoms with Crippen molar-refractivity contribution in [2.75, 3.05) is 26.4 Å². The Labute approximate surface area is 590 Å². The summed E-state index contributed by atoms with van der Waals surface area (Å²) < 4.78 is 34.4. The van der Waals surface area contributed by atoms with Gasteiger partial charge in [0.1, 0.15) is 73.2 Å². The number of carbonyl (C=O) groups excluding carboxylic acids is 1. The summed E-state index contributed by atoms with van der Waals surface area (Å²) in [4.78, 5) is 13.4. The fraction of sp³-hybridized carbons (Fsp3) is 0.810. The summed E-state index contributed by atoms with van der Waals surface area (Å²) in [7, 11) is 0. The van der Waals surface area contributed by atoms with Crippen LogP contribution in [0.15, 0.2) is 85.1 Å². The summed E-state index contributed by atoms with van der Waals surface area (Å²) in [5, 5.41) is 121. The monoisotopic (exact) mass is 1390 g/mol. The van der Waals surface area contributed by atoms with Gasteiger partial charge < -0.3 is 89.9 Å². The van der Waals surface area contributed by atoms with Crippen LogP contribution in [0.25, 0.3) is 0 Å². The van der Waals surface area contributed by atoms with Gasteiger partial charge in [0, 0.05) is 6.42 Å². The summed E-state index contributed by atoms with van der Waals surface area (Å²) in [5.74, 6) is -0.274. The van der Waals surface area contributed by atoms with Crippen LogP contribution >= 0.6 is 0 Å². The Hall–Kier alpha value is -3.03. The highest BCUT2D eigenvalue weighted by molar-refractivity contribution is 5.76. The number of nitrogens with one attached hydrogen (secondary N) is 1. The normalized spacial score (nSPS) is 27.2. The standard InChI is InChI=1S/C79H139NO18/c1-3-5-7-9-11-13-15-17-19-20-21-22-23-24-25-26-27-28-29-30-31-32-33-34-35-36-37-38-39-40-41-42-43-45-47-49-51-53-55-57-67(85)80-62(63(84)56-54-52-50-48-46-44-18-16-14-12-10-8-6-4-2)61-93-77-73(91)70(88)75(65(59-82)95-77)98-79-74(92)71(89)76(66(60-83)96-79)97-78-72(90)69(87)68(86)64(58-81)94-78/h5,7,11,13,17,19,21-22,24-25,27-28,54,56,62-66,68-79,81-84,86-92H,3-4,6,8-10,12,14-16,18,20,23,26,29-53,55,57-61H2,1-2H3,(H,80,85)/b7-5-,13-11-,19-17-,22-21-,25-24-,28-27-,56-54+. The van der Waals surface area contributed by atoms with Crippen molar-refractivity contribution < 1.29 is 89.4 Å². The van der Waals surface area contributed by atoms with Crippen LogP contribution in [-0.4, -0.2) is 193 Å². The number of hydrogen-bond donors (Lipinski definition) is 12. The van der Waals surface area contributed by atoms with Crippen LogP contribution in [0, 0.1) is 0 Å². The van der Waals surface area contributed by atoms with Crippen molar-refractivity contribution in [1.29, 1.82) is 0 Å². The van der Waals surface area contributed by atoms with Crippen LogP contribution in [0.2, 0.25) is 0 Å². The highest BCUT2D eigenvalue weighted by Gasteiger charge is 2.53. The number of ether oxygens (including phenoxy) is 6. The van der Waals surface area contributed by atoms with Gasteiger partial charge in [0.2, 0.25) is 5.91 Å². The maximum absolute atomic E-state index is 13.4. The van der Waals surface area contributed by atoms with Crippen molar-refractivity contribution in [2.45, 2.75) is 381 Å². The summed E-state index contributed by atoms with van der Waals surface area (Å²) >= 11 is 0. The van der Waals surface area contributed by atoms with Crippen molar-refractivity contribution in [3.8, 4) is 0 Å². The first kappa shape index (κ1) is 89.2. The second kappa shape index (κ2) is 59.4. The van der Waals surface area contributed by atoms with Crippen molar-refractivity contribution in [3.63, 3.8) is 0 Å². The first-order valence-electron chi connectivity index (χ1n) is 38.8. The summed E-state index contributed by atoms with van der Waals surface area (Å²) in [6.45, 7) is 1.62. The minimum atomic E-state index is -1.98. The van der Waals surface area contributed by atoms with Gasteiger partial charge in [-0.1, -0.05) is 285 Å². The Morgan fingerprint density at radius 2 is 0.704 bits per heavy atom. The van der Waals surface area contributed by atoms with Crippen LogP contribution in [0.4, 0.5) is 0 Å². The molecule has 3 aliphatic heterocycles. The molecule has 0 spiro atoms. The van der Waals surface area contributed by atoms with E-state index in [1.807, 2.05) is 6.08 Å². The SMILES string of the molecule is CC/C=C\C/C=C\C/C=C\C/C=C\C/C=C\C/C=C\CCCCCCCCCCCCCCCCCCCCCCC(=O)NC(COC1OC(CO)C(OC2OC(CO)C(OC3OC(CO)C(O)C(O)C3O)C(O)C2O)C(O)C1O)C(O)/C=C/CCCCCCCCCCCCCC. The molecule has 3 saturated heterocycles. The summed E-state index contributed by atoms with van der Waals surface area (Å²) in [5.41, 5.74) is 0. The molecule has 3 aliphatic rings. The molecular formula is C79H139NO18. The van der Waals surface area contributed by atoms with Crippen molar-refractivity contribution in [3.05, 3.63) is 85.1 Å². The van der Waals surface area contributed by atoms with Gasteiger partial charge >= 0.3 is 0 Å². The van der Waals surface area contributed by atoms with E-state index in [0.29, 0.717) is 6.42 Å². The topological polar surface area (TPSA) is 307 Å². The first-order valence-corrected chi connectivity index (χ1v) is 38.8. The highest BCUT2D eigenvalue weighted by atomic mass is 16.8. The molecule has 0 aromatic heterocycles. The zero-order valence-electron chi connectivity index (χ0n) is 60.5. The van der Waals surface area contributed by atoms with Gasteiger partial charge in [-0.15, -0.1) is 0 Å². The molecule has 19 heteroatoms. The van der Waals surface area contributed by atoms with Gasteiger partial charge in [-0.2, -0.15) is 0 Å². The quantitative estimate of drug-likeness (QED) is 0.0199. The van der Waals surface area contributed by atoms with Crippen LogP contribution in [0.1, 0.15) is 277 Å². The number of rotatable bonds is 60. The predicted octanol–water partition coefficient (Wildman–Crippen LogP) is 12.2. The molecule has 0 saturated carbocycles. The minimum Gasteiger partial charge on any atom is -0.394 e. The molecule has 0 aliphatic carbocycles. The number of amides is 1. The average molecular weight is 1390 g/mol. The van der Waals surface area contributed by atoms with E-state index in [9.17, 15) is 61.0 Å². The van der Waals surface area contributed by atoms with Gasteiger partial charge in [-0.25, -0.2) is 0 Å². The predicted molar refractivity (Wildman–Crippen MR) is 388 cm³/mol. The lowest BCUT2D eigenvalue weighted by molar-refractivity contribution is -0.379. The summed E-state index contributed by atoms with van der Waals surface area (Å²) in [6.07, 6.45) is 51.6. The van der Waals surface area contributed by atoms with Crippen molar-refractivity contribution in [2.24, 2.45) is 0 Å². The van der Waals surface area contributed by atoms with E-state index in [4.69, 9.17) is 28.4 Å². The molecule has 0 aromatic carbocycles. The number of unbranched alkanes of at least 4 members (excludes halogenated alkanes) is 32. The molecule has 19 nitrogen and oxygen atoms in total. The van der Waals surface area contributed by atoms with Gasteiger partial charge in [0.25, 0.3) is 0 Å². The molecule has 17 atom stereocenters. The Kier molecular flexibility index (Phi) is 54.0. The molecule has 3 rings (SSSR count). The third-order valence-corrected chi connectivity index (χ3v) is 18.9. The fourth-order valence-corrected chi connectivity index (χ4v) is 12.7. The number of aliphatic hydroxyl groups excluding tert-OH is 11. The Bertz CT molecular complexity index is 2100. The lowest BCUT2D eigenvalue weighted by atomic mass is 9.96. The molecule has 98 heavy (non-hydrogen) atoms. The first-order chi connectivity index (χ1) is 47.8. The third-order valence-electron chi connectivity index (χ3n) is 18.9. The molecule has 568 valence electrons. The molecule has 3 heterocycles. The smallest absolute Gasteiger partial charge is 0.220 e. The third kappa shape index (κ3) is 39.6. The highest BCUT2D eigenvalue weighted by Crippen LogP contribution is 2.33. The van der Waals surface area contributed by atoms with Gasteiger partial charge in [0.05, 0.1) is 38.6 Å². The number of allylic oxidation sites excluding steroid dienone is 13. The van der Waals surface area contributed by atoms with E-state index in [0.717, 1.165) is 83.5 Å². The molecule has 17 unspecified atom stereocenters. The zero-order chi connectivity index (χ0) is 71.1. The zero-order valence-corrected chi connectivity index (χ0v) is 60.5. The fourth-order valence-electron chi connectivity index (χ4n) is 12.7. The molecule has 0 aromatic rings. The maximum Gasteiger partial charge on any atom is 0.220 e. The van der Waals surface area contributed by atoms with Crippen molar-refractivity contribution in [1.82, 2.24) is 5.32 Å². The Balaban J connectivity index is 1.30. The summed E-state index contributed by atoms with van der Waals surface area (Å²) in [6, 6.07) is -0.974. The second-order valence-electron chi connectivity index (χ2n) is 27.4. The van der Waals surface area contributed by atoms with E-state index in [2.05, 4.69) is 92.1 Å². The molecule has 0 radical (unpaired) electrons. The number of carbonyl (C=O) groups is 1. The van der Waals surface area contributed by atoms with Gasteiger partial charge in [0.15, 0.2) is 18.9 Å². The van der Waals surface area contributed by atoms with E-state index in [1.54, 1.807) is 6.08 Å². The molecule has 1 amide bonds.